The Labute approximate surface area is 170 Å². The first kappa shape index (κ1) is 21.3. The second kappa shape index (κ2) is 11.0. The Balaban J connectivity index is 1.56. The molecule has 0 spiro atoms. The molecule has 1 fully saturated rings. The molecule has 1 aromatic carbocycles. The minimum atomic E-state index is -0.880. The molecule has 156 valence electrons. The van der Waals surface area contributed by atoms with Crippen LogP contribution in [0.5, 0.6) is 0 Å². The molecular formula is C22H27F2N3O2. The molecule has 0 atom stereocenters. The Kier molecular flexibility index (Phi) is 8.07. The third-order valence-electron chi connectivity index (χ3n) is 5.09. The summed E-state index contributed by atoms with van der Waals surface area (Å²) in [6.45, 7) is 5.45. The van der Waals surface area contributed by atoms with Gasteiger partial charge in [0.2, 0.25) is 5.91 Å². The van der Waals surface area contributed by atoms with Gasteiger partial charge in [-0.3, -0.25) is 14.7 Å². The monoisotopic (exact) mass is 403 g/mol. The van der Waals surface area contributed by atoms with E-state index < -0.39 is 11.6 Å². The number of aromatic nitrogens is 1. The highest BCUT2D eigenvalue weighted by Crippen LogP contribution is 2.13. The van der Waals surface area contributed by atoms with Crippen LogP contribution in [-0.2, 0) is 22.5 Å². The van der Waals surface area contributed by atoms with Crippen LogP contribution in [-0.4, -0.2) is 60.1 Å². The van der Waals surface area contributed by atoms with Crippen LogP contribution in [0.25, 0.3) is 0 Å². The third kappa shape index (κ3) is 6.87. The van der Waals surface area contributed by atoms with Crippen molar-refractivity contribution in [2.24, 2.45) is 0 Å². The summed E-state index contributed by atoms with van der Waals surface area (Å²) in [5.41, 5.74) is 1.64. The fourth-order valence-electron chi connectivity index (χ4n) is 3.41. The molecule has 0 bridgehead atoms. The number of morpholine rings is 1. The lowest BCUT2D eigenvalue weighted by atomic mass is 10.1. The minimum Gasteiger partial charge on any atom is -0.379 e. The van der Waals surface area contributed by atoms with Crippen LogP contribution in [0.4, 0.5) is 8.78 Å². The van der Waals surface area contributed by atoms with Crippen LogP contribution >= 0.6 is 0 Å². The zero-order valence-corrected chi connectivity index (χ0v) is 16.5. The number of nitrogens with zero attached hydrogens (tertiary/aromatic N) is 3. The van der Waals surface area contributed by atoms with E-state index in [-0.39, 0.29) is 12.3 Å². The third-order valence-corrected chi connectivity index (χ3v) is 5.09. The van der Waals surface area contributed by atoms with E-state index in [1.54, 1.807) is 12.4 Å². The molecule has 1 aromatic heterocycles. The van der Waals surface area contributed by atoms with E-state index in [1.807, 2.05) is 17.0 Å². The molecule has 0 saturated carbocycles. The highest BCUT2D eigenvalue weighted by Gasteiger charge is 2.16. The lowest BCUT2D eigenvalue weighted by molar-refractivity contribution is -0.132. The molecule has 1 aliphatic heterocycles. The Morgan fingerprint density at radius 1 is 1.07 bits per heavy atom. The lowest BCUT2D eigenvalue weighted by Gasteiger charge is -2.28. The van der Waals surface area contributed by atoms with Crippen LogP contribution < -0.4 is 0 Å². The lowest BCUT2D eigenvalue weighted by Crippen LogP contribution is -2.39. The number of pyridine rings is 1. The SMILES string of the molecule is O=C(CCc1ccc(F)c(F)c1)N(CCCN1CCOCC1)Cc1ccncc1. The first-order chi connectivity index (χ1) is 14.1. The van der Waals surface area contributed by atoms with Gasteiger partial charge in [-0.25, -0.2) is 8.78 Å². The number of hydrogen-bond donors (Lipinski definition) is 0. The fraction of sp³-hybridized carbons (Fsp3) is 0.455. The maximum Gasteiger partial charge on any atom is 0.223 e. The standard InChI is InChI=1S/C22H27F2N3O2/c23-20-4-2-18(16-21(20)24)3-5-22(28)27(17-19-6-8-25-9-7-19)11-1-10-26-12-14-29-15-13-26/h2,4,6-9,16H,1,3,5,10-15,17H2. The van der Waals surface area contributed by atoms with Crippen molar-refractivity contribution >= 4 is 5.91 Å². The van der Waals surface area contributed by atoms with E-state index >= 15 is 0 Å². The summed E-state index contributed by atoms with van der Waals surface area (Å²) in [5.74, 6) is -1.75. The Morgan fingerprint density at radius 3 is 2.55 bits per heavy atom. The number of carbonyl (C=O) groups excluding carboxylic acids is 1. The molecule has 0 aliphatic carbocycles. The van der Waals surface area contributed by atoms with E-state index in [9.17, 15) is 13.6 Å². The average molecular weight is 403 g/mol. The van der Waals surface area contributed by atoms with Gasteiger partial charge >= 0.3 is 0 Å². The van der Waals surface area contributed by atoms with Crippen molar-refractivity contribution in [1.82, 2.24) is 14.8 Å². The number of carbonyl (C=O) groups is 1. The van der Waals surface area contributed by atoms with Crippen molar-refractivity contribution in [3.05, 3.63) is 65.5 Å². The molecule has 0 radical (unpaired) electrons. The van der Waals surface area contributed by atoms with Crippen LogP contribution in [0.15, 0.2) is 42.7 Å². The van der Waals surface area contributed by atoms with Gasteiger partial charge in [-0.05, 0) is 48.2 Å². The molecule has 1 amide bonds. The van der Waals surface area contributed by atoms with Crippen molar-refractivity contribution in [2.45, 2.75) is 25.8 Å². The van der Waals surface area contributed by atoms with Gasteiger partial charge in [0.15, 0.2) is 11.6 Å². The van der Waals surface area contributed by atoms with Gasteiger partial charge in [0.1, 0.15) is 0 Å². The molecule has 29 heavy (non-hydrogen) atoms. The predicted molar refractivity (Wildman–Crippen MR) is 106 cm³/mol. The highest BCUT2D eigenvalue weighted by molar-refractivity contribution is 5.76. The first-order valence-electron chi connectivity index (χ1n) is 10.0. The summed E-state index contributed by atoms with van der Waals surface area (Å²) in [7, 11) is 0. The number of halogens is 2. The Morgan fingerprint density at radius 2 is 1.83 bits per heavy atom. The number of amides is 1. The molecule has 1 saturated heterocycles. The summed E-state index contributed by atoms with van der Waals surface area (Å²) in [5, 5.41) is 0. The fourth-order valence-corrected chi connectivity index (χ4v) is 3.41. The van der Waals surface area contributed by atoms with Crippen molar-refractivity contribution in [3.8, 4) is 0 Å². The molecule has 0 N–H and O–H groups in total. The summed E-state index contributed by atoms with van der Waals surface area (Å²) in [6, 6.07) is 7.59. The van der Waals surface area contributed by atoms with Crippen molar-refractivity contribution in [1.29, 1.82) is 0 Å². The zero-order valence-electron chi connectivity index (χ0n) is 16.5. The Bertz CT molecular complexity index is 783. The summed E-state index contributed by atoms with van der Waals surface area (Å²) < 4.78 is 31.9. The van der Waals surface area contributed by atoms with Gasteiger partial charge in [-0.1, -0.05) is 6.07 Å². The summed E-state index contributed by atoms with van der Waals surface area (Å²) in [6.07, 6.45) is 4.95. The van der Waals surface area contributed by atoms with Crippen LogP contribution in [0.2, 0.25) is 0 Å². The first-order valence-corrected chi connectivity index (χ1v) is 10.0. The van der Waals surface area contributed by atoms with Crippen molar-refractivity contribution < 1.29 is 18.3 Å². The maximum atomic E-state index is 13.4. The number of hydrogen-bond acceptors (Lipinski definition) is 4. The van der Waals surface area contributed by atoms with E-state index in [2.05, 4.69) is 9.88 Å². The highest BCUT2D eigenvalue weighted by atomic mass is 19.2. The van der Waals surface area contributed by atoms with E-state index in [0.717, 1.165) is 57.0 Å². The van der Waals surface area contributed by atoms with E-state index in [4.69, 9.17) is 4.74 Å². The molecule has 2 aromatic rings. The molecule has 2 heterocycles. The van der Waals surface area contributed by atoms with Crippen LogP contribution in [0.3, 0.4) is 0 Å². The smallest absolute Gasteiger partial charge is 0.223 e. The summed E-state index contributed by atoms with van der Waals surface area (Å²) >= 11 is 0. The molecule has 5 nitrogen and oxygen atoms in total. The van der Waals surface area contributed by atoms with Gasteiger partial charge in [0.05, 0.1) is 13.2 Å². The van der Waals surface area contributed by atoms with E-state index in [1.165, 1.54) is 6.07 Å². The number of ether oxygens (including phenoxy) is 1. The molecule has 0 unspecified atom stereocenters. The zero-order chi connectivity index (χ0) is 20.5. The van der Waals surface area contributed by atoms with Gasteiger partial charge in [0.25, 0.3) is 0 Å². The molecular weight excluding hydrogens is 376 g/mol. The number of aryl methyl sites for hydroxylation is 1. The largest absolute Gasteiger partial charge is 0.379 e. The van der Waals surface area contributed by atoms with Crippen molar-refractivity contribution in [2.75, 3.05) is 39.4 Å². The quantitative estimate of drug-likeness (QED) is 0.646. The number of benzene rings is 1. The minimum absolute atomic E-state index is 0.00789. The molecule has 3 rings (SSSR count). The predicted octanol–water partition coefficient (Wildman–Crippen LogP) is 3.04. The normalized spacial score (nSPS) is 14.7. The van der Waals surface area contributed by atoms with Crippen LogP contribution in [0.1, 0.15) is 24.0 Å². The van der Waals surface area contributed by atoms with Crippen molar-refractivity contribution in [3.63, 3.8) is 0 Å². The van der Waals surface area contributed by atoms with Gasteiger partial charge in [0, 0.05) is 51.5 Å². The average Bonchev–Trinajstić information content (AvgIpc) is 2.75. The number of rotatable bonds is 9. The van der Waals surface area contributed by atoms with Crippen LogP contribution in [0, 0.1) is 11.6 Å². The molecule has 7 heteroatoms. The second-order valence-electron chi connectivity index (χ2n) is 7.23. The van der Waals surface area contributed by atoms with Gasteiger partial charge in [-0.2, -0.15) is 0 Å². The topological polar surface area (TPSA) is 45.7 Å². The summed E-state index contributed by atoms with van der Waals surface area (Å²) in [4.78, 5) is 21.1. The Hall–Kier alpha value is -2.38. The molecule has 1 aliphatic rings. The maximum absolute atomic E-state index is 13.4. The van der Waals surface area contributed by atoms with Gasteiger partial charge in [-0.15, -0.1) is 0 Å². The van der Waals surface area contributed by atoms with E-state index in [0.29, 0.717) is 25.1 Å². The van der Waals surface area contributed by atoms with Gasteiger partial charge < -0.3 is 9.64 Å². The second-order valence-corrected chi connectivity index (χ2v) is 7.23.